The summed E-state index contributed by atoms with van der Waals surface area (Å²) in [6, 6.07) is 1.44. The summed E-state index contributed by atoms with van der Waals surface area (Å²) in [4.78, 5) is 0. The van der Waals surface area contributed by atoms with Crippen LogP contribution in [0.3, 0.4) is 0 Å². The van der Waals surface area contributed by atoms with Crippen molar-refractivity contribution >= 4 is 39.1 Å². The van der Waals surface area contributed by atoms with E-state index in [9.17, 15) is 5.21 Å². The average Bonchev–Trinajstić information content (AvgIpc) is 1.84. The number of halogens is 3. The Hall–Kier alpha value is 0.01000. The van der Waals surface area contributed by atoms with Crippen LogP contribution in [0.1, 0.15) is 0 Å². The van der Waals surface area contributed by atoms with E-state index in [0.29, 0.717) is 14.2 Å². The minimum absolute atomic E-state index is 0.0938. The fourth-order valence-electron chi connectivity index (χ4n) is 0.463. The topological polar surface area (TPSA) is 26.9 Å². The quantitative estimate of drug-likeness (QED) is 0.390. The number of hydrogen-bond donors (Lipinski definition) is 0. The molecule has 0 aliphatic heterocycles. The Morgan fingerprint density at radius 2 is 2.10 bits per heavy atom. The molecule has 0 bridgehead atoms. The molecule has 0 aromatic carbocycles. The van der Waals surface area contributed by atoms with Gasteiger partial charge in [-0.25, -0.2) is 0 Å². The zero-order valence-electron chi connectivity index (χ0n) is 4.64. The Kier molecular flexibility index (Phi) is 2.39. The van der Waals surface area contributed by atoms with Crippen LogP contribution in [0.4, 0.5) is 0 Å². The first-order valence-electron chi connectivity index (χ1n) is 2.35. The van der Waals surface area contributed by atoms with Gasteiger partial charge in [0.1, 0.15) is 5.02 Å². The molecule has 0 radical (unpaired) electrons. The van der Waals surface area contributed by atoms with E-state index >= 15 is 0 Å². The third-order valence-electron chi connectivity index (χ3n) is 0.915. The van der Waals surface area contributed by atoms with Crippen LogP contribution in [0.5, 0.6) is 0 Å². The van der Waals surface area contributed by atoms with Gasteiger partial charge in [-0.15, -0.1) is 0 Å². The predicted molar refractivity (Wildman–Crippen MR) is 43.1 cm³/mol. The van der Waals surface area contributed by atoms with Gasteiger partial charge in [-0.2, -0.15) is 4.73 Å². The molecule has 5 heteroatoms. The van der Waals surface area contributed by atoms with Gasteiger partial charge in [-0.05, 0) is 27.5 Å². The van der Waals surface area contributed by atoms with Gasteiger partial charge in [-0.3, -0.25) is 0 Å². The number of aromatic nitrogens is 1. The first kappa shape index (κ1) is 8.11. The maximum Gasteiger partial charge on any atom is 0.287 e. The van der Waals surface area contributed by atoms with Crippen molar-refractivity contribution in [2.75, 3.05) is 0 Å². The van der Waals surface area contributed by atoms with Gasteiger partial charge in [0.25, 0.3) is 5.15 Å². The molecule has 2 nitrogen and oxygen atoms in total. The van der Waals surface area contributed by atoms with E-state index in [1.165, 1.54) is 12.3 Å². The molecule has 1 rings (SSSR count). The standard InChI is InChI=1S/C5H2BrCl2NO/c6-3-1-5(8)9(10)2-4(3)7/h1-2H. The molecule has 0 aliphatic rings. The van der Waals surface area contributed by atoms with Gasteiger partial charge >= 0.3 is 0 Å². The molecular formula is C5H2BrCl2NO. The number of nitrogens with zero attached hydrogens (tertiary/aromatic N) is 1. The van der Waals surface area contributed by atoms with E-state index in [0.717, 1.165) is 0 Å². The third kappa shape index (κ3) is 1.54. The maximum absolute atomic E-state index is 10.7. The van der Waals surface area contributed by atoms with Crippen molar-refractivity contribution in [2.45, 2.75) is 0 Å². The summed E-state index contributed by atoms with van der Waals surface area (Å²) in [5.74, 6) is 0. The summed E-state index contributed by atoms with van der Waals surface area (Å²) in [5, 5.41) is 11.1. The summed E-state index contributed by atoms with van der Waals surface area (Å²) < 4.78 is 1.11. The predicted octanol–water partition coefficient (Wildman–Crippen LogP) is 2.39. The van der Waals surface area contributed by atoms with Crippen LogP contribution in [0, 0.1) is 5.21 Å². The second-order valence-corrected chi connectivity index (χ2v) is 3.27. The Balaban J connectivity index is 3.28. The summed E-state index contributed by atoms with van der Waals surface area (Å²) in [5.41, 5.74) is 0. The molecule has 0 fully saturated rings. The van der Waals surface area contributed by atoms with E-state index in [2.05, 4.69) is 15.9 Å². The van der Waals surface area contributed by atoms with Crippen molar-refractivity contribution in [2.24, 2.45) is 0 Å². The van der Waals surface area contributed by atoms with Gasteiger partial charge in [0.05, 0.1) is 0 Å². The van der Waals surface area contributed by atoms with E-state index in [4.69, 9.17) is 23.2 Å². The highest BCUT2D eigenvalue weighted by atomic mass is 79.9. The molecular weight excluding hydrogens is 241 g/mol. The first-order chi connectivity index (χ1) is 4.61. The van der Waals surface area contributed by atoms with Crippen LogP contribution < -0.4 is 4.73 Å². The largest absolute Gasteiger partial charge is 0.618 e. The second-order valence-electron chi connectivity index (χ2n) is 1.62. The molecule has 54 valence electrons. The van der Waals surface area contributed by atoms with Crippen LogP contribution in [-0.4, -0.2) is 0 Å². The smallest absolute Gasteiger partial charge is 0.287 e. The van der Waals surface area contributed by atoms with Crippen LogP contribution >= 0.6 is 39.1 Å². The van der Waals surface area contributed by atoms with Crippen molar-refractivity contribution < 1.29 is 4.73 Å². The molecule has 0 atom stereocenters. The highest BCUT2D eigenvalue weighted by Crippen LogP contribution is 2.21. The van der Waals surface area contributed by atoms with Gasteiger partial charge in [0, 0.05) is 10.5 Å². The monoisotopic (exact) mass is 241 g/mol. The molecule has 0 saturated heterocycles. The normalized spacial score (nSPS) is 9.90. The molecule has 0 saturated carbocycles. The van der Waals surface area contributed by atoms with E-state index in [-0.39, 0.29) is 5.15 Å². The summed E-state index contributed by atoms with van der Waals surface area (Å²) in [7, 11) is 0. The lowest BCUT2D eigenvalue weighted by Crippen LogP contribution is -2.26. The Labute approximate surface area is 76.1 Å². The van der Waals surface area contributed by atoms with Crippen LogP contribution in [-0.2, 0) is 0 Å². The van der Waals surface area contributed by atoms with Crippen LogP contribution in [0.2, 0.25) is 10.2 Å². The van der Waals surface area contributed by atoms with Gasteiger partial charge < -0.3 is 5.21 Å². The number of hydrogen-bond acceptors (Lipinski definition) is 1. The zero-order chi connectivity index (χ0) is 7.72. The van der Waals surface area contributed by atoms with E-state index in [1.54, 1.807) is 0 Å². The molecule has 1 heterocycles. The summed E-state index contributed by atoms with van der Waals surface area (Å²) >= 11 is 14.1. The van der Waals surface area contributed by atoms with Crippen LogP contribution in [0.25, 0.3) is 0 Å². The van der Waals surface area contributed by atoms with E-state index in [1.807, 2.05) is 0 Å². The van der Waals surface area contributed by atoms with Crippen molar-refractivity contribution in [1.29, 1.82) is 0 Å². The van der Waals surface area contributed by atoms with Gasteiger partial charge in [-0.1, -0.05) is 11.6 Å². The molecule has 0 amide bonds. The van der Waals surface area contributed by atoms with E-state index < -0.39 is 0 Å². The molecule has 0 N–H and O–H groups in total. The lowest BCUT2D eigenvalue weighted by Gasteiger charge is -1.98. The average molecular weight is 243 g/mol. The molecule has 1 aromatic heterocycles. The van der Waals surface area contributed by atoms with Gasteiger partial charge in [0.15, 0.2) is 0 Å². The highest BCUT2D eigenvalue weighted by molar-refractivity contribution is 9.10. The Morgan fingerprint density at radius 1 is 1.50 bits per heavy atom. The Morgan fingerprint density at radius 3 is 2.60 bits per heavy atom. The fourth-order valence-corrected chi connectivity index (χ4v) is 1.22. The lowest BCUT2D eigenvalue weighted by atomic mass is 10.5. The summed E-state index contributed by atoms with van der Waals surface area (Å²) in [6.07, 6.45) is 1.19. The molecule has 0 aliphatic carbocycles. The van der Waals surface area contributed by atoms with Crippen molar-refractivity contribution in [3.05, 3.63) is 32.1 Å². The molecule has 0 unspecified atom stereocenters. The third-order valence-corrected chi connectivity index (χ3v) is 2.38. The number of rotatable bonds is 0. The van der Waals surface area contributed by atoms with Gasteiger partial charge in [0.2, 0.25) is 6.20 Å². The zero-order valence-corrected chi connectivity index (χ0v) is 7.74. The number of pyridine rings is 1. The Bertz CT molecular complexity index is 216. The maximum atomic E-state index is 10.7. The minimum atomic E-state index is 0.0938. The summed E-state index contributed by atoms with van der Waals surface area (Å²) in [6.45, 7) is 0. The fraction of sp³-hybridized carbons (Fsp3) is 0. The molecule has 1 aromatic rings. The lowest BCUT2D eigenvalue weighted by molar-refractivity contribution is -0.603. The molecule has 0 spiro atoms. The SMILES string of the molecule is [O-][n+]1cc(Cl)c(Br)cc1Cl. The molecule has 10 heavy (non-hydrogen) atoms. The van der Waals surface area contributed by atoms with Crippen molar-refractivity contribution in [3.8, 4) is 0 Å². The van der Waals surface area contributed by atoms with Crippen molar-refractivity contribution in [1.82, 2.24) is 0 Å². The second kappa shape index (κ2) is 2.95. The van der Waals surface area contributed by atoms with Crippen LogP contribution in [0.15, 0.2) is 16.7 Å². The van der Waals surface area contributed by atoms with Crippen molar-refractivity contribution in [3.63, 3.8) is 0 Å². The highest BCUT2D eigenvalue weighted by Gasteiger charge is 2.06. The minimum Gasteiger partial charge on any atom is -0.618 e. The first-order valence-corrected chi connectivity index (χ1v) is 3.90.